The fourth-order valence-corrected chi connectivity index (χ4v) is 1.31. The number of benzene rings is 1. The van der Waals surface area contributed by atoms with E-state index < -0.39 is 0 Å². The van der Waals surface area contributed by atoms with Gasteiger partial charge in [0.25, 0.3) is 0 Å². The van der Waals surface area contributed by atoms with E-state index in [1.54, 1.807) is 0 Å². The fraction of sp³-hybridized carbons (Fsp3) is 0.300. The monoisotopic (exact) mass is 182 g/mol. The van der Waals surface area contributed by atoms with Crippen LogP contribution in [0.25, 0.3) is 0 Å². The van der Waals surface area contributed by atoms with E-state index in [-0.39, 0.29) is 5.38 Å². The third-order valence-corrected chi connectivity index (χ3v) is 1.98. The summed E-state index contributed by atoms with van der Waals surface area (Å²) in [5.41, 5.74) is 1.18. The Bertz CT molecular complexity index is 233. The van der Waals surface area contributed by atoms with Crippen LogP contribution >= 0.6 is 11.6 Å². The second kappa shape index (κ2) is 4.94. The van der Waals surface area contributed by atoms with E-state index in [2.05, 4.69) is 0 Å². The predicted octanol–water partition coefficient (Wildman–Crippen LogP) is 2.43. The molecule has 1 unspecified atom stereocenters. The van der Waals surface area contributed by atoms with E-state index in [0.29, 0.717) is 6.42 Å². The molecule has 0 fully saturated rings. The smallest absolute Gasteiger partial charge is 0.121 e. The molecular formula is C10H11ClO. The van der Waals surface area contributed by atoms with Gasteiger partial charge >= 0.3 is 0 Å². The molecule has 0 aliphatic rings. The molecule has 1 atom stereocenters. The van der Waals surface area contributed by atoms with Crippen LogP contribution in [0.15, 0.2) is 30.3 Å². The van der Waals surface area contributed by atoms with Gasteiger partial charge in [-0.05, 0) is 12.0 Å². The van der Waals surface area contributed by atoms with Crippen molar-refractivity contribution >= 4 is 17.9 Å². The van der Waals surface area contributed by atoms with Crippen molar-refractivity contribution in [2.24, 2.45) is 0 Å². The van der Waals surface area contributed by atoms with E-state index in [1.807, 2.05) is 30.3 Å². The molecule has 0 aliphatic heterocycles. The third kappa shape index (κ3) is 3.05. The molecule has 0 amide bonds. The Balaban J connectivity index is 2.46. The van der Waals surface area contributed by atoms with Gasteiger partial charge in [0.05, 0.1) is 0 Å². The molecule has 1 aromatic rings. The highest BCUT2D eigenvalue weighted by Gasteiger charge is 2.03. The fourth-order valence-electron chi connectivity index (χ4n) is 1.06. The van der Waals surface area contributed by atoms with Gasteiger partial charge in [0, 0.05) is 11.8 Å². The van der Waals surface area contributed by atoms with Crippen LogP contribution < -0.4 is 0 Å². The number of halogens is 1. The van der Waals surface area contributed by atoms with Gasteiger partial charge in [-0.25, -0.2) is 0 Å². The maximum atomic E-state index is 10.1. The molecule has 0 saturated heterocycles. The molecular weight excluding hydrogens is 172 g/mol. The lowest BCUT2D eigenvalue weighted by Gasteiger charge is -2.04. The van der Waals surface area contributed by atoms with Gasteiger partial charge in [-0.2, -0.15) is 0 Å². The maximum Gasteiger partial charge on any atom is 0.121 e. The van der Waals surface area contributed by atoms with Crippen LogP contribution in [0.1, 0.15) is 12.0 Å². The Morgan fingerprint density at radius 3 is 2.58 bits per heavy atom. The van der Waals surface area contributed by atoms with Gasteiger partial charge in [-0.15, -0.1) is 11.6 Å². The van der Waals surface area contributed by atoms with Crippen LogP contribution in [0.3, 0.4) is 0 Å². The summed E-state index contributed by atoms with van der Waals surface area (Å²) < 4.78 is 0. The Kier molecular flexibility index (Phi) is 3.81. The molecule has 0 saturated carbocycles. The minimum atomic E-state index is -0.0649. The molecule has 1 rings (SSSR count). The summed E-state index contributed by atoms with van der Waals surface area (Å²) in [6.07, 6.45) is 2.05. The van der Waals surface area contributed by atoms with Crippen molar-refractivity contribution in [1.82, 2.24) is 0 Å². The summed E-state index contributed by atoms with van der Waals surface area (Å²) in [7, 11) is 0. The predicted molar refractivity (Wildman–Crippen MR) is 50.5 cm³/mol. The van der Waals surface area contributed by atoms with Crippen LogP contribution in [0, 0.1) is 0 Å². The summed E-state index contributed by atoms with van der Waals surface area (Å²) in [4.78, 5) is 10.1. The van der Waals surface area contributed by atoms with Crippen LogP contribution in [0.4, 0.5) is 0 Å². The standard InChI is InChI=1S/C10H11ClO/c11-10(6-7-12)8-9-4-2-1-3-5-9/h1-5,7,10H,6,8H2. The molecule has 0 N–H and O–H groups in total. The van der Waals surface area contributed by atoms with Crippen molar-refractivity contribution in [3.05, 3.63) is 35.9 Å². The zero-order chi connectivity index (χ0) is 8.81. The summed E-state index contributed by atoms with van der Waals surface area (Å²) >= 11 is 5.88. The number of carbonyl (C=O) groups excluding carboxylic acids is 1. The largest absolute Gasteiger partial charge is 0.303 e. The molecule has 2 heteroatoms. The zero-order valence-electron chi connectivity index (χ0n) is 6.74. The maximum absolute atomic E-state index is 10.1. The van der Waals surface area contributed by atoms with Gasteiger partial charge < -0.3 is 4.79 Å². The van der Waals surface area contributed by atoms with Crippen molar-refractivity contribution in [1.29, 1.82) is 0 Å². The average molecular weight is 183 g/mol. The molecule has 64 valence electrons. The zero-order valence-corrected chi connectivity index (χ0v) is 7.50. The Hall–Kier alpha value is -0.820. The second-order valence-electron chi connectivity index (χ2n) is 2.69. The quantitative estimate of drug-likeness (QED) is 0.517. The molecule has 1 aromatic carbocycles. The molecule has 0 heterocycles. The number of alkyl halides is 1. The lowest BCUT2D eigenvalue weighted by atomic mass is 10.1. The first kappa shape index (κ1) is 9.27. The van der Waals surface area contributed by atoms with Crippen LogP contribution in [-0.2, 0) is 11.2 Å². The Labute approximate surface area is 77.4 Å². The minimum Gasteiger partial charge on any atom is -0.303 e. The normalized spacial score (nSPS) is 12.4. The van der Waals surface area contributed by atoms with Crippen molar-refractivity contribution in [3.8, 4) is 0 Å². The second-order valence-corrected chi connectivity index (χ2v) is 3.31. The number of aldehydes is 1. The van der Waals surface area contributed by atoms with E-state index in [0.717, 1.165) is 12.7 Å². The topological polar surface area (TPSA) is 17.1 Å². The summed E-state index contributed by atoms with van der Waals surface area (Å²) in [6.45, 7) is 0. The lowest BCUT2D eigenvalue weighted by molar-refractivity contribution is -0.107. The summed E-state index contributed by atoms with van der Waals surface area (Å²) in [6, 6.07) is 9.94. The van der Waals surface area contributed by atoms with E-state index in [9.17, 15) is 4.79 Å². The van der Waals surface area contributed by atoms with E-state index in [1.165, 1.54) is 5.56 Å². The highest BCUT2D eigenvalue weighted by atomic mass is 35.5. The Morgan fingerprint density at radius 2 is 2.00 bits per heavy atom. The highest BCUT2D eigenvalue weighted by Crippen LogP contribution is 2.09. The molecule has 0 bridgehead atoms. The number of hydrogen-bond acceptors (Lipinski definition) is 1. The van der Waals surface area contributed by atoms with Gasteiger partial charge in [0.2, 0.25) is 0 Å². The summed E-state index contributed by atoms with van der Waals surface area (Å²) in [5, 5.41) is -0.0649. The molecule has 0 spiro atoms. The first-order valence-electron chi connectivity index (χ1n) is 3.94. The first-order chi connectivity index (χ1) is 5.83. The SMILES string of the molecule is O=CCC(Cl)Cc1ccccc1. The summed E-state index contributed by atoms with van der Waals surface area (Å²) in [5.74, 6) is 0. The van der Waals surface area contributed by atoms with Crippen molar-refractivity contribution < 1.29 is 4.79 Å². The van der Waals surface area contributed by atoms with Gasteiger partial charge in [0.15, 0.2) is 0 Å². The van der Waals surface area contributed by atoms with Crippen molar-refractivity contribution in [2.45, 2.75) is 18.2 Å². The van der Waals surface area contributed by atoms with E-state index >= 15 is 0 Å². The lowest BCUT2D eigenvalue weighted by Crippen LogP contribution is -2.03. The van der Waals surface area contributed by atoms with Crippen LogP contribution in [-0.4, -0.2) is 11.7 Å². The number of rotatable bonds is 4. The molecule has 12 heavy (non-hydrogen) atoms. The molecule has 0 radical (unpaired) electrons. The average Bonchev–Trinajstić information content (AvgIpc) is 2.06. The van der Waals surface area contributed by atoms with Crippen LogP contribution in [0.2, 0.25) is 0 Å². The minimum absolute atomic E-state index is 0.0649. The van der Waals surface area contributed by atoms with Crippen molar-refractivity contribution in [3.63, 3.8) is 0 Å². The van der Waals surface area contributed by atoms with E-state index in [4.69, 9.17) is 11.6 Å². The van der Waals surface area contributed by atoms with Crippen LogP contribution in [0.5, 0.6) is 0 Å². The molecule has 0 aromatic heterocycles. The van der Waals surface area contributed by atoms with Crippen molar-refractivity contribution in [2.75, 3.05) is 0 Å². The van der Waals surface area contributed by atoms with Gasteiger partial charge in [0.1, 0.15) is 6.29 Å². The number of carbonyl (C=O) groups is 1. The molecule has 1 nitrogen and oxygen atoms in total. The molecule has 0 aliphatic carbocycles. The third-order valence-electron chi connectivity index (χ3n) is 1.65. The highest BCUT2D eigenvalue weighted by molar-refractivity contribution is 6.21. The number of hydrogen-bond donors (Lipinski definition) is 0. The Morgan fingerprint density at radius 1 is 1.33 bits per heavy atom. The van der Waals surface area contributed by atoms with Gasteiger partial charge in [-0.3, -0.25) is 0 Å². The first-order valence-corrected chi connectivity index (χ1v) is 4.38. The van der Waals surface area contributed by atoms with Gasteiger partial charge in [-0.1, -0.05) is 30.3 Å².